The maximum Gasteiger partial charge on any atom is 0.295 e. The summed E-state index contributed by atoms with van der Waals surface area (Å²) in [6.07, 6.45) is 0.140. The molecule has 0 unspecified atom stereocenters. The molecular weight excluding hydrogens is 717 g/mol. The first kappa shape index (κ1) is 36.4. The molecule has 16 nitrogen and oxygen atoms in total. The zero-order chi connectivity index (χ0) is 34.2. The summed E-state index contributed by atoms with van der Waals surface area (Å²) in [5.41, 5.74) is 1.16. The Hall–Kier alpha value is -3.44. The summed E-state index contributed by atoms with van der Waals surface area (Å²) in [4.78, 5) is 12.8. The van der Waals surface area contributed by atoms with E-state index in [4.69, 9.17) is 13.8 Å². The molecule has 4 rings (SSSR count). The van der Waals surface area contributed by atoms with E-state index in [9.17, 15) is 29.8 Å². The number of benzene rings is 3. The van der Waals surface area contributed by atoms with Crippen LogP contribution in [-0.4, -0.2) is 84.0 Å². The highest BCUT2D eigenvalue weighted by molar-refractivity contribution is 7.99. The molecule has 0 aliphatic rings. The van der Waals surface area contributed by atoms with E-state index in [0.29, 0.717) is 28.2 Å². The average molecular weight is 745 g/mol. The fourth-order valence-electron chi connectivity index (χ4n) is 3.92. The Morgan fingerprint density at radius 3 is 2.21 bits per heavy atom. The van der Waals surface area contributed by atoms with Gasteiger partial charge in [0.1, 0.15) is 16.5 Å². The Kier molecular flexibility index (Phi) is 12.1. The SMILES string of the molecule is COc1cc(N=Nc2ccc3cccc(S(=O)(=O)O)c3c2)ccc1Nc1nc(CSCCS(=O)(=O)O)nc(SCCCS(=O)(=O)O)n1. The fourth-order valence-corrected chi connectivity index (χ4v) is 7.88. The molecule has 0 fully saturated rings. The van der Waals surface area contributed by atoms with Crippen LogP contribution < -0.4 is 10.1 Å². The second-order valence-corrected chi connectivity index (χ2v) is 16.2. The summed E-state index contributed by atoms with van der Waals surface area (Å²) in [6, 6.07) is 14.1. The molecule has 0 amide bonds. The van der Waals surface area contributed by atoms with Crippen LogP contribution in [0.3, 0.4) is 0 Å². The van der Waals surface area contributed by atoms with Crippen LogP contribution in [0.2, 0.25) is 0 Å². The largest absolute Gasteiger partial charge is 0.494 e. The molecule has 4 aromatic rings. The average Bonchev–Trinajstić information content (AvgIpc) is 2.99. The molecular formula is C26H28N6O10S5. The molecule has 0 aliphatic carbocycles. The normalized spacial score (nSPS) is 12.5. The maximum atomic E-state index is 11.8. The number of methoxy groups -OCH3 is 1. The van der Waals surface area contributed by atoms with Crippen LogP contribution in [0.4, 0.5) is 23.0 Å². The lowest BCUT2D eigenvalue weighted by Gasteiger charge is -2.12. The van der Waals surface area contributed by atoms with E-state index in [1.807, 2.05) is 0 Å². The summed E-state index contributed by atoms with van der Waals surface area (Å²) in [5, 5.41) is 12.6. The van der Waals surface area contributed by atoms with E-state index in [2.05, 4.69) is 30.5 Å². The van der Waals surface area contributed by atoms with Crippen LogP contribution in [0.5, 0.6) is 5.75 Å². The summed E-state index contributed by atoms with van der Waals surface area (Å²) in [5.74, 6) is 0.409. The third-order valence-electron chi connectivity index (χ3n) is 5.97. The van der Waals surface area contributed by atoms with E-state index in [0.717, 1.165) is 11.8 Å². The molecule has 0 saturated heterocycles. The molecule has 1 heterocycles. The van der Waals surface area contributed by atoms with Crippen molar-refractivity contribution in [2.24, 2.45) is 10.2 Å². The second kappa shape index (κ2) is 15.6. The molecule has 1 aromatic heterocycles. The van der Waals surface area contributed by atoms with Crippen LogP contribution >= 0.6 is 23.5 Å². The number of nitrogens with zero attached hydrogens (tertiary/aromatic N) is 5. The molecule has 0 radical (unpaired) electrons. The van der Waals surface area contributed by atoms with Crippen molar-refractivity contribution >= 4 is 87.7 Å². The Balaban J connectivity index is 1.54. The molecule has 21 heteroatoms. The van der Waals surface area contributed by atoms with Gasteiger partial charge in [-0.15, -0.1) is 0 Å². The third-order valence-corrected chi connectivity index (χ3v) is 10.6. The molecule has 47 heavy (non-hydrogen) atoms. The lowest BCUT2D eigenvalue weighted by Crippen LogP contribution is -2.08. The number of thioether (sulfide) groups is 2. The number of azo groups is 1. The number of fused-ring (bicyclic) bond motifs is 1. The van der Waals surface area contributed by atoms with Gasteiger partial charge in [0.05, 0.1) is 41.4 Å². The minimum absolute atomic E-state index is 0.0921. The van der Waals surface area contributed by atoms with Gasteiger partial charge in [-0.25, -0.2) is 4.98 Å². The van der Waals surface area contributed by atoms with Crippen LogP contribution in [-0.2, 0) is 36.1 Å². The topological polar surface area (TPSA) is 248 Å². The first-order valence-corrected chi connectivity index (χ1v) is 20.1. The van der Waals surface area contributed by atoms with Gasteiger partial charge in [-0.05, 0) is 42.1 Å². The van der Waals surface area contributed by atoms with Gasteiger partial charge in [0.15, 0.2) is 5.16 Å². The molecule has 4 N–H and O–H groups in total. The smallest absolute Gasteiger partial charge is 0.295 e. The minimum Gasteiger partial charge on any atom is -0.494 e. The van der Waals surface area contributed by atoms with E-state index in [-0.39, 0.29) is 50.9 Å². The van der Waals surface area contributed by atoms with Gasteiger partial charge in [0, 0.05) is 23.0 Å². The number of rotatable bonds is 16. The number of anilines is 2. The highest BCUT2D eigenvalue weighted by Gasteiger charge is 2.15. The molecule has 0 spiro atoms. The number of hydrogen-bond donors (Lipinski definition) is 4. The third kappa shape index (κ3) is 11.6. The van der Waals surface area contributed by atoms with Crippen LogP contribution in [0.1, 0.15) is 12.2 Å². The fraction of sp³-hybridized carbons (Fsp3) is 0.269. The van der Waals surface area contributed by atoms with Gasteiger partial charge in [-0.1, -0.05) is 30.0 Å². The van der Waals surface area contributed by atoms with Gasteiger partial charge in [-0.3, -0.25) is 13.7 Å². The number of ether oxygens (including phenoxy) is 1. The molecule has 0 atom stereocenters. The number of aromatic nitrogens is 3. The predicted octanol–water partition coefficient (Wildman–Crippen LogP) is 4.93. The summed E-state index contributed by atoms with van der Waals surface area (Å²) >= 11 is 2.31. The van der Waals surface area contributed by atoms with Crippen molar-refractivity contribution < 1.29 is 43.6 Å². The zero-order valence-electron chi connectivity index (χ0n) is 24.4. The van der Waals surface area contributed by atoms with Crippen molar-refractivity contribution in [1.29, 1.82) is 0 Å². The van der Waals surface area contributed by atoms with Gasteiger partial charge in [0.25, 0.3) is 30.4 Å². The molecule has 0 saturated carbocycles. The Labute approximate surface area is 279 Å². The maximum absolute atomic E-state index is 11.8. The second-order valence-electron chi connectivity index (χ2n) is 9.53. The van der Waals surface area contributed by atoms with Crippen LogP contribution in [0, 0.1) is 0 Å². The van der Waals surface area contributed by atoms with Gasteiger partial charge < -0.3 is 10.1 Å². The first-order chi connectivity index (χ1) is 22.1. The van der Waals surface area contributed by atoms with Crippen LogP contribution in [0.15, 0.2) is 74.9 Å². The monoisotopic (exact) mass is 744 g/mol. The van der Waals surface area contributed by atoms with Gasteiger partial charge in [0.2, 0.25) is 5.95 Å². The highest BCUT2D eigenvalue weighted by atomic mass is 32.2. The standard InChI is InChI=1S/C26H28N6O10S5/c1-42-22-15-19(32-31-18-7-6-17-4-2-5-23(20(17)14-18)47(39,40)41)8-9-21(22)27-25-28-24(16-43-11-13-46(36,37)38)29-26(30-25)44-10-3-12-45(33,34)35/h2,4-9,14-15H,3,10-13,16H2,1H3,(H,33,34,35)(H,36,37,38)(H,39,40,41)(H,27,28,29,30). The summed E-state index contributed by atoms with van der Waals surface area (Å²) in [6.45, 7) is 0. The lowest BCUT2D eigenvalue weighted by molar-refractivity contribution is 0.417. The van der Waals surface area contributed by atoms with Crippen molar-refractivity contribution in [2.45, 2.75) is 22.2 Å². The van der Waals surface area contributed by atoms with Crippen molar-refractivity contribution in [1.82, 2.24) is 15.0 Å². The quantitative estimate of drug-likeness (QED) is 0.0514. The van der Waals surface area contributed by atoms with Crippen molar-refractivity contribution in [3.05, 3.63) is 60.4 Å². The summed E-state index contributed by atoms with van der Waals surface area (Å²) in [7, 11) is -11.3. The Morgan fingerprint density at radius 2 is 1.53 bits per heavy atom. The number of nitrogens with one attached hydrogen (secondary N) is 1. The lowest BCUT2D eigenvalue weighted by atomic mass is 10.1. The van der Waals surface area contributed by atoms with Gasteiger partial charge in [-0.2, -0.15) is 57.2 Å². The first-order valence-electron chi connectivity index (χ1n) is 13.3. The van der Waals surface area contributed by atoms with Crippen molar-refractivity contribution in [3.8, 4) is 5.75 Å². The van der Waals surface area contributed by atoms with E-state index in [1.165, 1.54) is 37.1 Å². The van der Waals surface area contributed by atoms with E-state index in [1.54, 1.807) is 36.4 Å². The van der Waals surface area contributed by atoms with E-state index < -0.39 is 41.9 Å². The summed E-state index contributed by atoms with van der Waals surface area (Å²) < 4.78 is 101. The van der Waals surface area contributed by atoms with Gasteiger partial charge >= 0.3 is 0 Å². The molecule has 0 bridgehead atoms. The van der Waals surface area contributed by atoms with Crippen LogP contribution in [0.25, 0.3) is 10.8 Å². The molecule has 3 aromatic carbocycles. The molecule has 252 valence electrons. The van der Waals surface area contributed by atoms with E-state index >= 15 is 0 Å². The minimum atomic E-state index is -4.46. The Morgan fingerprint density at radius 1 is 0.830 bits per heavy atom. The Bertz CT molecular complexity index is 2060. The van der Waals surface area contributed by atoms with Crippen molar-refractivity contribution in [3.63, 3.8) is 0 Å². The highest BCUT2D eigenvalue weighted by Crippen LogP contribution is 2.33. The molecule has 0 aliphatic heterocycles. The van der Waals surface area contributed by atoms with Crippen molar-refractivity contribution in [2.75, 3.05) is 35.4 Å². The predicted molar refractivity (Wildman–Crippen MR) is 178 cm³/mol. The zero-order valence-corrected chi connectivity index (χ0v) is 28.5. The number of hydrogen-bond acceptors (Lipinski definition) is 15.